The van der Waals surface area contributed by atoms with E-state index in [2.05, 4.69) is 25.7 Å². The van der Waals surface area contributed by atoms with Gasteiger partial charge in [-0.1, -0.05) is 0 Å². The predicted molar refractivity (Wildman–Crippen MR) is 102 cm³/mol. The van der Waals surface area contributed by atoms with Crippen LogP contribution in [0.15, 0.2) is 12.5 Å². The zero-order valence-corrected chi connectivity index (χ0v) is 16.5. The summed E-state index contributed by atoms with van der Waals surface area (Å²) >= 11 is 0. The lowest BCUT2D eigenvalue weighted by Crippen LogP contribution is -2.56. The van der Waals surface area contributed by atoms with Crippen LogP contribution in [-0.4, -0.2) is 69.0 Å². The summed E-state index contributed by atoms with van der Waals surface area (Å²) in [7, 11) is 1.84. The van der Waals surface area contributed by atoms with Crippen LogP contribution in [0, 0.1) is 5.92 Å². The van der Waals surface area contributed by atoms with Crippen molar-refractivity contribution in [1.29, 1.82) is 0 Å². The molecule has 1 saturated heterocycles. The molecule has 2 aromatic heterocycles. The molecule has 0 aromatic carbocycles. The zero-order chi connectivity index (χ0) is 21.0. The maximum Gasteiger partial charge on any atom is 0.401 e. The number of aryl methyl sites for hydroxylation is 1. The number of anilines is 1. The fourth-order valence-electron chi connectivity index (χ4n) is 3.47. The summed E-state index contributed by atoms with van der Waals surface area (Å²) in [6.45, 7) is 2.04. The van der Waals surface area contributed by atoms with E-state index in [1.165, 1.54) is 11.2 Å². The highest BCUT2D eigenvalue weighted by Crippen LogP contribution is 2.23. The van der Waals surface area contributed by atoms with Gasteiger partial charge in [-0.3, -0.25) is 14.4 Å². The third-order valence-electron chi connectivity index (χ3n) is 5.00. The third-order valence-corrected chi connectivity index (χ3v) is 5.00. The van der Waals surface area contributed by atoms with Crippen molar-refractivity contribution < 1.29 is 18.0 Å². The number of likely N-dealkylation sites (tertiary alicyclic amines) is 1. The van der Waals surface area contributed by atoms with Crippen LogP contribution in [0.2, 0.25) is 0 Å². The number of halogens is 3. The molecular weight excluding hydrogens is 387 g/mol. The van der Waals surface area contributed by atoms with Crippen LogP contribution in [0.25, 0.3) is 11.0 Å². The molecule has 0 bridgehead atoms. The van der Waals surface area contributed by atoms with Gasteiger partial charge in [0.1, 0.15) is 17.4 Å². The number of carbonyl (C=O) groups is 1. The molecule has 1 aliphatic heterocycles. The van der Waals surface area contributed by atoms with E-state index in [0.717, 1.165) is 42.7 Å². The first-order valence-electron chi connectivity index (χ1n) is 9.69. The number of fused-ring (bicyclic) bond motifs is 1. The maximum atomic E-state index is 12.3. The molecular formula is C18H26F3N7O. The molecule has 0 saturated carbocycles. The lowest BCUT2D eigenvalue weighted by atomic mass is 9.98. The highest BCUT2D eigenvalue weighted by molar-refractivity contribution is 5.84. The van der Waals surface area contributed by atoms with Gasteiger partial charge in [-0.25, -0.2) is 9.97 Å². The summed E-state index contributed by atoms with van der Waals surface area (Å²) in [5, 5.41) is 10.4. The van der Waals surface area contributed by atoms with Crippen LogP contribution in [0.3, 0.4) is 0 Å². The van der Waals surface area contributed by atoms with Crippen LogP contribution in [0.4, 0.5) is 19.0 Å². The first kappa shape index (κ1) is 21.3. The van der Waals surface area contributed by atoms with Crippen LogP contribution >= 0.6 is 0 Å². The lowest BCUT2D eigenvalue weighted by Gasteiger charge is -2.38. The molecule has 8 nitrogen and oxygen atoms in total. The summed E-state index contributed by atoms with van der Waals surface area (Å²) in [6, 6.07) is -0.0120. The number of carbonyl (C=O) groups excluding carboxylic acids is 1. The fraction of sp³-hybridized carbons (Fsp3) is 0.667. The molecule has 1 aliphatic rings. The van der Waals surface area contributed by atoms with E-state index in [9.17, 15) is 18.0 Å². The number of hydrogen-bond acceptors (Lipinski definition) is 6. The summed E-state index contributed by atoms with van der Waals surface area (Å²) in [4.78, 5) is 21.8. The topological polar surface area (TPSA) is 88.0 Å². The van der Waals surface area contributed by atoms with E-state index in [1.54, 1.807) is 10.9 Å². The number of aromatic nitrogens is 4. The molecule has 3 rings (SSSR count). The molecule has 0 spiro atoms. The Bertz CT molecular complexity index is 832. The zero-order valence-electron chi connectivity index (χ0n) is 16.5. The Balaban J connectivity index is 1.31. The van der Waals surface area contributed by atoms with Crippen molar-refractivity contribution in [2.45, 2.75) is 38.4 Å². The average Bonchev–Trinajstić information content (AvgIpc) is 2.98. The largest absolute Gasteiger partial charge is 0.401 e. The minimum atomic E-state index is -4.21. The van der Waals surface area contributed by atoms with E-state index < -0.39 is 12.7 Å². The molecule has 2 aromatic rings. The predicted octanol–water partition coefficient (Wildman–Crippen LogP) is 1.94. The molecule has 0 aliphatic carbocycles. The average molecular weight is 413 g/mol. The standard InChI is InChI=1S/C18H26F3N7O/c1-12(26-17(29)13-8-28(9-13)10-18(19,20)21)5-3-4-6-22-16-15-14(23-11-24-16)7-25-27(15)2/h7,11-13H,3-6,8-10H2,1-2H3,(H,26,29)(H,22,23,24). The van der Waals surface area contributed by atoms with Crippen molar-refractivity contribution in [2.24, 2.45) is 13.0 Å². The van der Waals surface area contributed by atoms with Gasteiger partial charge in [0.2, 0.25) is 5.91 Å². The minimum absolute atomic E-state index is 0.0120. The molecule has 0 radical (unpaired) electrons. The van der Waals surface area contributed by atoms with Crippen molar-refractivity contribution in [1.82, 2.24) is 30.0 Å². The molecule has 3 heterocycles. The van der Waals surface area contributed by atoms with Gasteiger partial charge in [0.05, 0.1) is 18.7 Å². The summed E-state index contributed by atoms with van der Waals surface area (Å²) in [5.74, 6) is 0.235. The number of rotatable bonds is 9. The van der Waals surface area contributed by atoms with Crippen molar-refractivity contribution in [3.05, 3.63) is 12.5 Å². The van der Waals surface area contributed by atoms with Crippen molar-refractivity contribution in [3.8, 4) is 0 Å². The lowest BCUT2D eigenvalue weighted by molar-refractivity contribution is -0.163. The maximum absolute atomic E-state index is 12.3. The Hall–Kier alpha value is -2.43. The fourth-order valence-corrected chi connectivity index (χ4v) is 3.47. The first-order valence-corrected chi connectivity index (χ1v) is 9.69. The van der Waals surface area contributed by atoms with Crippen LogP contribution in [0.5, 0.6) is 0 Å². The number of nitrogens with one attached hydrogen (secondary N) is 2. The second-order valence-corrected chi connectivity index (χ2v) is 7.56. The summed E-state index contributed by atoms with van der Waals surface area (Å²) in [5.41, 5.74) is 1.64. The van der Waals surface area contributed by atoms with Gasteiger partial charge < -0.3 is 10.6 Å². The first-order chi connectivity index (χ1) is 13.7. The Morgan fingerprint density at radius 2 is 2.07 bits per heavy atom. The van der Waals surface area contributed by atoms with Crippen molar-refractivity contribution in [2.75, 3.05) is 31.5 Å². The molecule has 1 unspecified atom stereocenters. The number of nitrogens with zero attached hydrogens (tertiary/aromatic N) is 5. The normalized spacial score (nSPS) is 16.6. The Kier molecular flexibility index (Phi) is 6.56. The molecule has 1 fully saturated rings. The second kappa shape index (κ2) is 8.93. The Labute approximate surface area is 166 Å². The Morgan fingerprint density at radius 1 is 1.31 bits per heavy atom. The van der Waals surface area contributed by atoms with Gasteiger partial charge in [0.15, 0.2) is 5.82 Å². The molecule has 1 atom stereocenters. The van der Waals surface area contributed by atoms with E-state index in [-0.39, 0.29) is 31.0 Å². The third kappa shape index (κ3) is 5.78. The summed E-state index contributed by atoms with van der Waals surface area (Å²) in [6.07, 6.45) is 1.58. The second-order valence-electron chi connectivity index (χ2n) is 7.56. The minimum Gasteiger partial charge on any atom is -0.368 e. The number of amides is 1. The SMILES string of the molecule is CC(CCCCNc1ncnc2cnn(C)c12)NC(=O)C1CN(CC(F)(F)F)C1. The van der Waals surface area contributed by atoms with Crippen LogP contribution in [-0.2, 0) is 11.8 Å². The molecule has 11 heteroatoms. The molecule has 160 valence electrons. The van der Waals surface area contributed by atoms with Crippen molar-refractivity contribution >= 4 is 22.8 Å². The van der Waals surface area contributed by atoms with Crippen LogP contribution < -0.4 is 10.6 Å². The number of alkyl halides is 3. The smallest absolute Gasteiger partial charge is 0.368 e. The van der Waals surface area contributed by atoms with Crippen molar-refractivity contribution in [3.63, 3.8) is 0 Å². The van der Waals surface area contributed by atoms with E-state index in [1.807, 2.05) is 14.0 Å². The van der Waals surface area contributed by atoms with Gasteiger partial charge in [0, 0.05) is 32.7 Å². The quantitative estimate of drug-likeness (QED) is 0.611. The highest BCUT2D eigenvalue weighted by atomic mass is 19.4. The summed E-state index contributed by atoms with van der Waals surface area (Å²) < 4.78 is 38.6. The van der Waals surface area contributed by atoms with Gasteiger partial charge >= 0.3 is 6.18 Å². The molecule has 1 amide bonds. The van der Waals surface area contributed by atoms with E-state index in [4.69, 9.17) is 0 Å². The Morgan fingerprint density at radius 3 is 2.79 bits per heavy atom. The van der Waals surface area contributed by atoms with E-state index >= 15 is 0 Å². The van der Waals surface area contributed by atoms with E-state index in [0.29, 0.717) is 0 Å². The molecule has 2 N–H and O–H groups in total. The number of unbranched alkanes of at least 4 members (excludes halogenated alkanes) is 1. The van der Waals surface area contributed by atoms with Gasteiger partial charge in [-0.15, -0.1) is 0 Å². The highest BCUT2D eigenvalue weighted by Gasteiger charge is 2.39. The molecule has 29 heavy (non-hydrogen) atoms. The van der Waals surface area contributed by atoms with Crippen LogP contribution in [0.1, 0.15) is 26.2 Å². The van der Waals surface area contributed by atoms with Gasteiger partial charge in [0.25, 0.3) is 0 Å². The van der Waals surface area contributed by atoms with Gasteiger partial charge in [-0.05, 0) is 26.2 Å². The van der Waals surface area contributed by atoms with Gasteiger partial charge in [-0.2, -0.15) is 18.3 Å². The number of hydrogen-bond donors (Lipinski definition) is 2. The monoisotopic (exact) mass is 413 g/mol.